The van der Waals surface area contributed by atoms with E-state index < -0.39 is 21.4 Å². The maximum absolute atomic E-state index is 13.6. The van der Waals surface area contributed by atoms with Crippen LogP contribution in [-0.4, -0.2) is 56.5 Å². The van der Waals surface area contributed by atoms with Crippen LogP contribution >= 0.6 is 0 Å². The van der Waals surface area contributed by atoms with Crippen molar-refractivity contribution in [1.29, 1.82) is 0 Å². The second-order valence-electron chi connectivity index (χ2n) is 6.22. The molecule has 3 rings (SSSR count). The van der Waals surface area contributed by atoms with E-state index in [2.05, 4.69) is 14.1 Å². The summed E-state index contributed by atoms with van der Waals surface area (Å²) in [5.41, 5.74) is -0.801. The summed E-state index contributed by atoms with van der Waals surface area (Å²) < 4.78 is 42.8. The SMILES string of the molecule is C[C@@H](CCO)NS1(=O)(O)N=CC2(CCOCC2)Oc2ncccc21. The van der Waals surface area contributed by atoms with Crippen molar-refractivity contribution in [2.45, 2.75) is 42.7 Å². The van der Waals surface area contributed by atoms with E-state index in [-0.39, 0.29) is 17.4 Å². The minimum Gasteiger partial charge on any atom is -0.464 e. The van der Waals surface area contributed by atoms with Crippen LogP contribution in [0.15, 0.2) is 27.6 Å². The first-order valence-corrected chi connectivity index (χ1v) is 9.84. The lowest BCUT2D eigenvalue weighted by molar-refractivity contribution is -0.00584. The Labute approximate surface area is 140 Å². The fourth-order valence-electron chi connectivity index (χ4n) is 2.86. The third-order valence-electron chi connectivity index (χ3n) is 4.23. The molecule has 1 aromatic rings. The van der Waals surface area contributed by atoms with Crippen LogP contribution in [0.2, 0.25) is 0 Å². The van der Waals surface area contributed by atoms with Crippen molar-refractivity contribution in [1.82, 2.24) is 9.71 Å². The van der Waals surface area contributed by atoms with Gasteiger partial charge in [0.1, 0.15) is 0 Å². The Morgan fingerprint density at radius 2 is 2.21 bits per heavy atom. The first-order chi connectivity index (χ1) is 11.4. The van der Waals surface area contributed by atoms with Crippen LogP contribution in [0, 0.1) is 0 Å². The van der Waals surface area contributed by atoms with Gasteiger partial charge < -0.3 is 14.6 Å². The van der Waals surface area contributed by atoms with Crippen LogP contribution in [0.1, 0.15) is 26.2 Å². The molecule has 9 heteroatoms. The van der Waals surface area contributed by atoms with Gasteiger partial charge in [0.15, 0.2) is 10.5 Å². The molecule has 2 aliphatic heterocycles. The summed E-state index contributed by atoms with van der Waals surface area (Å²) in [5.74, 6) is 0.0973. The molecule has 0 amide bonds. The molecule has 3 heterocycles. The molecule has 2 aliphatic rings. The molecule has 0 aromatic carbocycles. The van der Waals surface area contributed by atoms with E-state index >= 15 is 0 Å². The zero-order chi connectivity index (χ0) is 17.3. The van der Waals surface area contributed by atoms with Crippen molar-refractivity contribution in [3.63, 3.8) is 0 Å². The molecule has 0 aliphatic carbocycles. The molecule has 8 nitrogen and oxygen atoms in total. The highest BCUT2D eigenvalue weighted by Crippen LogP contribution is 2.42. The molecule has 0 saturated carbocycles. The van der Waals surface area contributed by atoms with Gasteiger partial charge in [-0.15, -0.1) is 0 Å². The number of hydrogen-bond donors (Lipinski definition) is 3. The van der Waals surface area contributed by atoms with Crippen molar-refractivity contribution in [3.05, 3.63) is 18.3 Å². The molecule has 0 radical (unpaired) electrons. The van der Waals surface area contributed by atoms with Crippen LogP contribution < -0.4 is 9.46 Å². The zero-order valence-electron chi connectivity index (χ0n) is 13.6. The summed E-state index contributed by atoms with van der Waals surface area (Å²) in [5, 5.41) is 9.08. The standard InChI is InChI=1S/C15H23N3O5S/c1-12(4-8-19)18-24(20,21)13-3-2-7-16-14(13)23-15(11-17-24)5-9-22-10-6-15/h2-3,7,11-12,19H,4-6,8-10H2,1H3,(H2,18,20,21)/t12-/m0/s1. The molecular weight excluding hydrogens is 334 g/mol. The van der Waals surface area contributed by atoms with Crippen molar-refractivity contribution in [2.24, 2.45) is 4.40 Å². The number of rotatable bonds is 4. The number of aromatic nitrogens is 1. The quantitative estimate of drug-likeness (QED) is 0.739. The zero-order valence-corrected chi connectivity index (χ0v) is 14.4. The highest BCUT2D eigenvalue weighted by atomic mass is 32.3. The van der Waals surface area contributed by atoms with Gasteiger partial charge in [0, 0.05) is 31.7 Å². The summed E-state index contributed by atoms with van der Waals surface area (Å²) in [6.07, 6.45) is 4.32. The molecule has 1 aromatic heterocycles. The van der Waals surface area contributed by atoms with Gasteiger partial charge in [-0.1, -0.05) is 0 Å². The van der Waals surface area contributed by atoms with Gasteiger partial charge in [-0.2, -0.15) is 13.3 Å². The molecule has 1 spiro atoms. The molecule has 0 bridgehead atoms. The van der Waals surface area contributed by atoms with Crippen LogP contribution in [0.3, 0.4) is 0 Å². The minimum absolute atomic E-state index is 0.0129. The van der Waals surface area contributed by atoms with Gasteiger partial charge in [0.25, 0.3) is 0 Å². The predicted molar refractivity (Wildman–Crippen MR) is 89.5 cm³/mol. The number of aliphatic hydroxyl groups is 1. The van der Waals surface area contributed by atoms with E-state index in [4.69, 9.17) is 14.6 Å². The Balaban J connectivity index is 2.08. The average molecular weight is 357 g/mol. The van der Waals surface area contributed by atoms with Crippen molar-refractivity contribution in [3.8, 4) is 5.88 Å². The molecule has 1 saturated heterocycles. The normalized spacial score (nSPS) is 26.4. The van der Waals surface area contributed by atoms with Crippen LogP contribution in [0.5, 0.6) is 5.88 Å². The fourth-order valence-corrected chi connectivity index (χ4v) is 5.12. The lowest BCUT2D eigenvalue weighted by Gasteiger charge is -2.40. The van der Waals surface area contributed by atoms with Gasteiger partial charge in [-0.05, 0) is 35.2 Å². The summed E-state index contributed by atoms with van der Waals surface area (Å²) in [7, 11) is -4.78. The number of nitrogens with one attached hydrogen (secondary N) is 1. The summed E-state index contributed by atoms with van der Waals surface area (Å²) in [6.45, 7) is 2.59. The van der Waals surface area contributed by atoms with Crippen molar-refractivity contribution >= 4 is 15.9 Å². The maximum atomic E-state index is 13.6. The van der Waals surface area contributed by atoms with E-state index in [0.717, 1.165) is 0 Å². The largest absolute Gasteiger partial charge is 0.464 e. The molecule has 3 N–H and O–H groups in total. The van der Waals surface area contributed by atoms with Crippen molar-refractivity contribution in [2.75, 3.05) is 19.8 Å². The number of aliphatic hydroxyl groups excluding tert-OH is 1. The first-order valence-electron chi connectivity index (χ1n) is 7.96. The average Bonchev–Trinajstić information content (AvgIpc) is 2.63. The highest BCUT2D eigenvalue weighted by Gasteiger charge is 2.43. The van der Waals surface area contributed by atoms with E-state index in [0.29, 0.717) is 32.5 Å². The smallest absolute Gasteiger partial charge is 0.241 e. The van der Waals surface area contributed by atoms with Gasteiger partial charge >= 0.3 is 0 Å². The lowest BCUT2D eigenvalue weighted by Crippen LogP contribution is -2.50. The first kappa shape index (κ1) is 17.4. The molecule has 24 heavy (non-hydrogen) atoms. The molecule has 134 valence electrons. The lowest BCUT2D eigenvalue weighted by atomic mass is 9.96. The second-order valence-corrected chi connectivity index (χ2v) is 8.83. The topological polar surface area (TPSA) is 113 Å². The molecule has 0 unspecified atom stereocenters. The van der Waals surface area contributed by atoms with Crippen LogP contribution in [-0.2, 0) is 14.5 Å². The van der Waals surface area contributed by atoms with E-state index in [1.807, 2.05) is 0 Å². The Kier molecular flexibility index (Phi) is 4.47. The predicted octanol–water partition coefficient (Wildman–Crippen LogP) is 0.937. The van der Waals surface area contributed by atoms with Gasteiger partial charge in [-0.3, -0.25) is 4.55 Å². The number of pyridine rings is 1. The number of ether oxygens (including phenoxy) is 2. The van der Waals surface area contributed by atoms with E-state index in [1.165, 1.54) is 18.5 Å². The second kappa shape index (κ2) is 6.16. The summed E-state index contributed by atoms with van der Waals surface area (Å²) in [6, 6.07) is 2.64. The Hall–Kier alpha value is -1.39. The number of fused-ring (bicyclic) bond motifs is 1. The monoisotopic (exact) mass is 357 g/mol. The molecule has 1 atom stereocenters. The highest BCUT2D eigenvalue weighted by molar-refractivity contribution is 8.12. The van der Waals surface area contributed by atoms with Gasteiger partial charge in [0.2, 0.25) is 5.88 Å². The molecular formula is C15H23N3O5S. The third-order valence-corrected chi connectivity index (χ3v) is 6.66. The number of hydrogen-bond acceptors (Lipinski definition) is 5. The Morgan fingerprint density at radius 3 is 2.92 bits per heavy atom. The Morgan fingerprint density at radius 1 is 1.46 bits per heavy atom. The van der Waals surface area contributed by atoms with Crippen LogP contribution in [0.25, 0.3) is 0 Å². The Bertz CT molecular complexity index is 704. The summed E-state index contributed by atoms with van der Waals surface area (Å²) >= 11 is 0. The molecule has 1 fully saturated rings. The van der Waals surface area contributed by atoms with E-state index in [9.17, 15) is 8.76 Å². The fraction of sp³-hybridized carbons (Fsp3) is 0.600. The number of nitrogens with zero attached hydrogens (tertiary/aromatic N) is 2. The minimum atomic E-state index is -4.78. The van der Waals surface area contributed by atoms with Gasteiger partial charge in [-0.25, -0.2) is 4.98 Å². The van der Waals surface area contributed by atoms with Crippen molar-refractivity contribution < 1.29 is 23.3 Å². The van der Waals surface area contributed by atoms with Crippen LogP contribution in [0.4, 0.5) is 0 Å². The van der Waals surface area contributed by atoms with E-state index in [1.54, 1.807) is 13.0 Å². The summed E-state index contributed by atoms with van der Waals surface area (Å²) in [4.78, 5) is 4.17. The maximum Gasteiger partial charge on any atom is 0.241 e. The van der Waals surface area contributed by atoms with Gasteiger partial charge in [0.05, 0.1) is 19.4 Å². The third kappa shape index (κ3) is 3.22.